The lowest BCUT2D eigenvalue weighted by Gasteiger charge is -2.18. The van der Waals surface area contributed by atoms with Crippen molar-refractivity contribution >= 4 is 17.9 Å². The van der Waals surface area contributed by atoms with Crippen LogP contribution in [0.5, 0.6) is 0 Å². The fraction of sp³-hybridized carbons (Fsp3) is 0.955. The number of carbonyl (C=O) groups is 3. The molecule has 0 aromatic rings. The Balaban J connectivity index is 4.26. The molecule has 6 heteroatoms. The maximum Gasteiger partial charge on any atom is 0.306 e. The van der Waals surface area contributed by atoms with Gasteiger partial charge in [0.1, 0.15) is 13.2 Å². The van der Waals surface area contributed by atoms with Crippen LogP contribution in [-0.2, 0) is 28.6 Å². The van der Waals surface area contributed by atoms with Crippen molar-refractivity contribution < 1.29 is 28.6 Å². The van der Waals surface area contributed by atoms with Crippen molar-refractivity contribution in [2.75, 3.05) is 13.2 Å². The summed E-state index contributed by atoms with van der Waals surface area (Å²) in [5.74, 6) is 0.924. The molecule has 0 saturated carbocycles. The molecule has 0 aliphatic carbocycles. The average Bonchev–Trinajstić information content (AvgIpc) is 3.37. The first-order chi connectivity index (χ1) is 35.3. The highest BCUT2D eigenvalue weighted by molar-refractivity contribution is 5.71. The molecule has 428 valence electrons. The van der Waals surface area contributed by atoms with Crippen molar-refractivity contribution in [2.24, 2.45) is 11.8 Å². The largest absolute Gasteiger partial charge is 0.462 e. The molecule has 0 bridgehead atoms. The molecule has 0 heterocycles. The molecule has 0 radical (unpaired) electrons. The third-order valence-electron chi connectivity index (χ3n) is 15.6. The minimum atomic E-state index is -0.764. The number of esters is 3. The number of rotatable bonds is 60. The van der Waals surface area contributed by atoms with Crippen molar-refractivity contribution in [1.82, 2.24) is 0 Å². The van der Waals surface area contributed by atoms with Crippen LogP contribution >= 0.6 is 0 Å². The summed E-state index contributed by atoms with van der Waals surface area (Å²) in [5, 5.41) is 0. The lowest BCUT2D eigenvalue weighted by atomic mass is 9.99. The van der Waals surface area contributed by atoms with Gasteiger partial charge in [-0.25, -0.2) is 0 Å². The van der Waals surface area contributed by atoms with Crippen molar-refractivity contribution in [3.05, 3.63) is 0 Å². The molecule has 0 saturated heterocycles. The van der Waals surface area contributed by atoms with Crippen LogP contribution in [0.15, 0.2) is 0 Å². The molecule has 0 fully saturated rings. The molecule has 0 aliphatic heterocycles. The maximum absolute atomic E-state index is 12.9. The summed E-state index contributed by atoms with van der Waals surface area (Å²) in [7, 11) is 0. The van der Waals surface area contributed by atoms with Crippen LogP contribution in [-0.4, -0.2) is 37.2 Å². The van der Waals surface area contributed by atoms with Crippen LogP contribution in [0.3, 0.4) is 0 Å². The maximum atomic E-state index is 12.9. The molecular weight excluding hydrogens is 889 g/mol. The second-order valence-corrected chi connectivity index (χ2v) is 23.5. The second kappa shape index (κ2) is 58.7. The Morgan fingerprint density at radius 3 is 0.792 bits per heavy atom. The van der Waals surface area contributed by atoms with E-state index in [-0.39, 0.29) is 31.1 Å². The molecular formula is C66H128O6. The minimum absolute atomic E-state index is 0.0617. The summed E-state index contributed by atoms with van der Waals surface area (Å²) >= 11 is 0. The van der Waals surface area contributed by atoms with Gasteiger partial charge in [0.2, 0.25) is 0 Å². The lowest BCUT2D eigenvalue weighted by Crippen LogP contribution is -2.30. The van der Waals surface area contributed by atoms with Gasteiger partial charge < -0.3 is 14.2 Å². The Bertz CT molecular complexity index is 1110. The number of hydrogen-bond donors (Lipinski definition) is 0. The molecule has 0 spiro atoms. The van der Waals surface area contributed by atoms with Crippen molar-refractivity contribution in [2.45, 2.75) is 381 Å². The highest BCUT2D eigenvalue weighted by atomic mass is 16.6. The summed E-state index contributed by atoms with van der Waals surface area (Å²) in [6, 6.07) is 0. The topological polar surface area (TPSA) is 78.9 Å². The van der Waals surface area contributed by atoms with E-state index in [4.69, 9.17) is 14.2 Å². The fourth-order valence-electron chi connectivity index (χ4n) is 10.3. The van der Waals surface area contributed by atoms with Gasteiger partial charge in [0.15, 0.2) is 6.10 Å². The Morgan fingerprint density at radius 2 is 0.528 bits per heavy atom. The van der Waals surface area contributed by atoms with Crippen molar-refractivity contribution in [3.8, 4) is 0 Å². The molecule has 0 N–H and O–H groups in total. The fourth-order valence-corrected chi connectivity index (χ4v) is 10.3. The standard InChI is InChI=1S/C66H128O6/c1-6-8-9-10-11-12-13-14-19-26-31-36-41-46-51-56-64(67)70-59-63(72-66(69)58-53-48-43-38-33-28-23-22-24-29-34-39-44-49-54-61(3)4)60-71-65(68)57-52-47-42-37-32-27-21-18-16-15-17-20-25-30-35-40-45-50-55-62(5)7-2/h61-63H,6-60H2,1-5H3/t62?,63-/m1/s1. The van der Waals surface area contributed by atoms with E-state index in [9.17, 15) is 14.4 Å². The highest BCUT2D eigenvalue weighted by Gasteiger charge is 2.19. The Labute approximate surface area is 450 Å². The zero-order valence-electron chi connectivity index (χ0n) is 49.6. The van der Waals surface area contributed by atoms with Crippen LogP contribution in [0.2, 0.25) is 0 Å². The van der Waals surface area contributed by atoms with E-state index in [2.05, 4.69) is 34.6 Å². The van der Waals surface area contributed by atoms with Crippen molar-refractivity contribution in [1.29, 1.82) is 0 Å². The van der Waals surface area contributed by atoms with E-state index in [0.717, 1.165) is 69.6 Å². The number of carbonyl (C=O) groups excluding carboxylic acids is 3. The van der Waals surface area contributed by atoms with Gasteiger partial charge in [0.25, 0.3) is 0 Å². The van der Waals surface area contributed by atoms with Crippen LogP contribution in [0.1, 0.15) is 375 Å². The van der Waals surface area contributed by atoms with E-state index in [1.807, 2.05) is 0 Å². The van der Waals surface area contributed by atoms with Crippen LogP contribution in [0, 0.1) is 11.8 Å². The molecule has 1 unspecified atom stereocenters. The predicted molar refractivity (Wildman–Crippen MR) is 312 cm³/mol. The monoisotopic (exact) mass is 1020 g/mol. The zero-order valence-corrected chi connectivity index (χ0v) is 49.6. The number of hydrogen-bond acceptors (Lipinski definition) is 6. The summed E-state index contributed by atoms with van der Waals surface area (Å²) in [5.41, 5.74) is 0. The molecule has 0 aromatic carbocycles. The Kier molecular flexibility index (Phi) is 57.4. The number of unbranched alkanes of at least 4 members (excludes halogenated alkanes) is 44. The molecule has 0 aromatic heterocycles. The zero-order chi connectivity index (χ0) is 52.5. The molecule has 72 heavy (non-hydrogen) atoms. The molecule has 0 amide bonds. The van der Waals surface area contributed by atoms with E-state index < -0.39 is 6.10 Å². The Hall–Kier alpha value is -1.59. The highest BCUT2D eigenvalue weighted by Crippen LogP contribution is 2.19. The predicted octanol–water partition coefficient (Wildman–Crippen LogP) is 22.0. The first-order valence-electron chi connectivity index (χ1n) is 32.8. The summed E-state index contributed by atoms with van der Waals surface area (Å²) in [6.45, 7) is 11.5. The molecule has 6 nitrogen and oxygen atoms in total. The van der Waals surface area contributed by atoms with Gasteiger partial charge in [-0.3, -0.25) is 14.4 Å². The number of ether oxygens (including phenoxy) is 3. The van der Waals surface area contributed by atoms with Gasteiger partial charge >= 0.3 is 17.9 Å². The molecule has 2 atom stereocenters. The van der Waals surface area contributed by atoms with Gasteiger partial charge in [0, 0.05) is 19.3 Å². The smallest absolute Gasteiger partial charge is 0.306 e. The SMILES string of the molecule is CCCCCCCCCCCCCCCCCC(=O)OC[C@H](COC(=O)CCCCCCCCCCCCCCCCCCCCC(C)CC)OC(=O)CCCCCCCCCCCCCCCCC(C)C. The van der Waals surface area contributed by atoms with Gasteiger partial charge in [-0.2, -0.15) is 0 Å². The van der Waals surface area contributed by atoms with Gasteiger partial charge in [-0.1, -0.05) is 336 Å². The summed E-state index contributed by atoms with van der Waals surface area (Å²) in [6.07, 6.45) is 65.3. The van der Waals surface area contributed by atoms with Crippen LogP contribution in [0.25, 0.3) is 0 Å². The van der Waals surface area contributed by atoms with Crippen LogP contribution in [0.4, 0.5) is 0 Å². The Morgan fingerprint density at radius 1 is 0.292 bits per heavy atom. The third kappa shape index (κ3) is 57.7. The molecule has 0 aliphatic rings. The average molecular weight is 1020 g/mol. The lowest BCUT2D eigenvalue weighted by molar-refractivity contribution is -0.167. The van der Waals surface area contributed by atoms with E-state index in [1.54, 1.807) is 0 Å². The molecule has 0 rings (SSSR count). The summed E-state index contributed by atoms with van der Waals surface area (Å²) in [4.78, 5) is 38.3. The van der Waals surface area contributed by atoms with Gasteiger partial charge in [-0.15, -0.1) is 0 Å². The van der Waals surface area contributed by atoms with Crippen molar-refractivity contribution in [3.63, 3.8) is 0 Å². The normalized spacial score (nSPS) is 12.4. The minimum Gasteiger partial charge on any atom is -0.462 e. The summed E-state index contributed by atoms with van der Waals surface area (Å²) < 4.78 is 17.0. The van der Waals surface area contributed by atoms with E-state index in [0.29, 0.717) is 19.3 Å². The quantitative estimate of drug-likeness (QED) is 0.0343. The van der Waals surface area contributed by atoms with Gasteiger partial charge in [-0.05, 0) is 31.1 Å². The van der Waals surface area contributed by atoms with E-state index in [1.165, 1.54) is 263 Å². The van der Waals surface area contributed by atoms with E-state index >= 15 is 0 Å². The first kappa shape index (κ1) is 70.4. The van der Waals surface area contributed by atoms with Crippen LogP contribution < -0.4 is 0 Å². The first-order valence-corrected chi connectivity index (χ1v) is 32.8. The second-order valence-electron chi connectivity index (χ2n) is 23.5. The third-order valence-corrected chi connectivity index (χ3v) is 15.6. The van der Waals surface area contributed by atoms with Gasteiger partial charge in [0.05, 0.1) is 0 Å².